The van der Waals surface area contributed by atoms with Crippen LogP contribution in [0, 0.1) is 0 Å². The van der Waals surface area contributed by atoms with Crippen LogP contribution in [0.25, 0.3) is 0 Å². The molecule has 0 radical (unpaired) electrons. The number of rotatable bonds is 5. The van der Waals surface area contributed by atoms with Crippen molar-refractivity contribution in [3.05, 3.63) is 11.9 Å². The highest BCUT2D eigenvalue weighted by Gasteiger charge is 2.31. The summed E-state index contributed by atoms with van der Waals surface area (Å²) in [7, 11) is 0. The molecule has 2 rings (SSSR count). The second-order valence-electron chi connectivity index (χ2n) is 5.08. The predicted octanol–water partition coefficient (Wildman–Crippen LogP) is 2.56. The minimum atomic E-state index is 0.365. The fraction of sp³-hybridized carbons (Fsp3) is 0.692. The monoisotopic (exact) mass is 234 g/mol. The molecule has 1 aliphatic carbocycles. The smallest absolute Gasteiger partial charge is 0.137 e. The molecule has 94 valence electrons. The molecule has 1 heterocycles. The number of anilines is 2. The van der Waals surface area contributed by atoms with E-state index in [9.17, 15) is 0 Å². The molecule has 1 aromatic rings. The summed E-state index contributed by atoms with van der Waals surface area (Å²) in [6, 6.07) is 0.668. The summed E-state index contributed by atoms with van der Waals surface area (Å²) in [6.07, 6.45) is 5.28. The molecular weight excluding hydrogens is 212 g/mol. The van der Waals surface area contributed by atoms with Crippen LogP contribution in [0.4, 0.5) is 11.6 Å². The summed E-state index contributed by atoms with van der Waals surface area (Å²) >= 11 is 0. The van der Waals surface area contributed by atoms with Gasteiger partial charge in [-0.15, -0.1) is 0 Å². The van der Waals surface area contributed by atoms with E-state index in [2.05, 4.69) is 35.6 Å². The molecule has 1 aliphatic rings. The van der Waals surface area contributed by atoms with E-state index in [0.29, 0.717) is 17.8 Å². The number of hydrogen-bond donors (Lipinski definition) is 1. The molecule has 1 fully saturated rings. The van der Waals surface area contributed by atoms with E-state index in [1.807, 2.05) is 0 Å². The van der Waals surface area contributed by atoms with E-state index in [1.165, 1.54) is 12.8 Å². The Morgan fingerprint density at radius 3 is 2.65 bits per heavy atom. The number of aromatic nitrogens is 2. The van der Waals surface area contributed by atoms with Crippen LogP contribution in [0.3, 0.4) is 0 Å². The van der Waals surface area contributed by atoms with Crippen molar-refractivity contribution in [2.45, 2.75) is 52.0 Å². The van der Waals surface area contributed by atoms with Gasteiger partial charge in [0.25, 0.3) is 0 Å². The van der Waals surface area contributed by atoms with E-state index in [0.717, 1.165) is 24.3 Å². The Morgan fingerprint density at radius 1 is 1.41 bits per heavy atom. The standard InChI is InChI=1S/C13H22N4/c1-4-7-17(10-5-6-10)13-11(9(2)3)12(14)15-8-16-13/h8-10H,4-7H2,1-3H3,(H2,14,15,16). The van der Waals surface area contributed by atoms with Gasteiger partial charge in [-0.25, -0.2) is 9.97 Å². The Labute approximate surface area is 103 Å². The van der Waals surface area contributed by atoms with Crippen LogP contribution in [0.5, 0.6) is 0 Å². The highest BCUT2D eigenvalue weighted by atomic mass is 15.2. The topological polar surface area (TPSA) is 55.0 Å². The lowest BCUT2D eigenvalue weighted by Gasteiger charge is -2.26. The van der Waals surface area contributed by atoms with E-state index in [-0.39, 0.29) is 0 Å². The maximum absolute atomic E-state index is 6.00. The van der Waals surface area contributed by atoms with Crippen LogP contribution in [-0.2, 0) is 0 Å². The van der Waals surface area contributed by atoms with Crippen LogP contribution < -0.4 is 10.6 Å². The maximum atomic E-state index is 6.00. The predicted molar refractivity (Wildman–Crippen MR) is 71.2 cm³/mol. The van der Waals surface area contributed by atoms with Crippen molar-refractivity contribution in [2.24, 2.45) is 0 Å². The Bertz CT molecular complexity index is 385. The van der Waals surface area contributed by atoms with Crippen molar-refractivity contribution >= 4 is 11.6 Å². The Hall–Kier alpha value is -1.32. The summed E-state index contributed by atoms with van der Waals surface area (Å²) in [6.45, 7) is 7.56. The third-order valence-corrected chi connectivity index (χ3v) is 3.20. The van der Waals surface area contributed by atoms with Gasteiger partial charge in [0.2, 0.25) is 0 Å². The molecule has 4 nitrogen and oxygen atoms in total. The van der Waals surface area contributed by atoms with Gasteiger partial charge in [-0.3, -0.25) is 0 Å². The molecule has 1 aromatic heterocycles. The van der Waals surface area contributed by atoms with E-state index < -0.39 is 0 Å². The first-order valence-electron chi connectivity index (χ1n) is 6.52. The lowest BCUT2D eigenvalue weighted by molar-refractivity contribution is 0.729. The van der Waals surface area contributed by atoms with Gasteiger partial charge in [-0.2, -0.15) is 0 Å². The van der Waals surface area contributed by atoms with Gasteiger partial charge in [-0.05, 0) is 25.2 Å². The molecule has 0 unspecified atom stereocenters. The highest BCUT2D eigenvalue weighted by molar-refractivity contribution is 5.59. The zero-order chi connectivity index (χ0) is 12.4. The summed E-state index contributed by atoms with van der Waals surface area (Å²) in [5.41, 5.74) is 7.10. The number of nitrogen functional groups attached to an aromatic ring is 1. The third kappa shape index (κ3) is 2.51. The molecule has 0 amide bonds. The van der Waals surface area contributed by atoms with Crippen molar-refractivity contribution in [3.63, 3.8) is 0 Å². The van der Waals surface area contributed by atoms with E-state index in [4.69, 9.17) is 5.73 Å². The first-order valence-corrected chi connectivity index (χ1v) is 6.52. The Kier molecular flexibility index (Phi) is 3.50. The SMILES string of the molecule is CCCN(c1ncnc(N)c1C(C)C)C1CC1. The van der Waals surface area contributed by atoms with Crippen LogP contribution in [0.1, 0.15) is 51.5 Å². The third-order valence-electron chi connectivity index (χ3n) is 3.20. The molecule has 0 bridgehead atoms. The number of nitrogens with two attached hydrogens (primary N) is 1. The average Bonchev–Trinajstić information content (AvgIpc) is 3.08. The zero-order valence-electron chi connectivity index (χ0n) is 11.0. The normalized spacial score (nSPS) is 15.3. The average molecular weight is 234 g/mol. The maximum Gasteiger partial charge on any atom is 0.137 e. The lowest BCUT2D eigenvalue weighted by Crippen LogP contribution is -2.29. The molecule has 0 aliphatic heterocycles. The van der Waals surface area contributed by atoms with Crippen LogP contribution >= 0.6 is 0 Å². The van der Waals surface area contributed by atoms with Crippen LogP contribution in [0.2, 0.25) is 0 Å². The second-order valence-corrected chi connectivity index (χ2v) is 5.08. The molecule has 0 aromatic carbocycles. The van der Waals surface area contributed by atoms with Crippen molar-refractivity contribution in [2.75, 3.05) is 17.2 Å². The van der Waals surface area contributed by atoms with E-state index >= 15 is 0 Å². The van der Waals surface area contributed by atoms with Crippen LogP contribution in [0.15, 0.2) is 6.33 Å². The Morgan fingerprint density at radius 2 is 2.12 bits per heavy atom. The fourth-order valence-electron chi connectivity index (χ4n) is 2.27. The molecular formula is C13H22N4. The van der Waals surface area contributed by atoms with Gasteiger partial charge in [-0.1, -0.05) is 20.8 Å². The quantitative estimate of drug-likeness (QED) is 0.850. The van der Waals surface area contributed by atoms with Gasteiger partial charge in [0.15, 0.2) is 0 Å². The minimum Gasteiger partial charge on any atom is -0.383 e. The first kappa shape index (κ1) is 12.1. The van der Waals surface area contributed by atoms with Crippen molar-refractivity contribution in [3.8, 4) is 0 Å². The first-order chi connectivity index (χ1) is 8.15. The molecule has 0 saturated heterocycles. The van der Waals surface area contributed by atoms with Gasteiger partial charge in [0.1, 0.15) is 18.0 Å². The fourth-order valence-corrected chi connectivity index (χ4v) is 2.27. The molecule has 2 N–H and O–H groups in total. The van der Waals surface area contributed by atoms with Gasteiger partial charge in [0, 0.05) is 18.2 Å². The second kappa shape index (κ2) is 4.90. The largest absolute Gasteiger partial charge is 0.383 e. The van der Waals surface area contributed by atoms with Gasteiger partial charge >= 0.3 is 0 Å². The van der Waals surface area contributed by atoms with Crippen molar-refractivity contribution in [1.29, 1.82) is 0 Å². The number of hydrogen-bond acceptors (Lipinski definition) is 4. The van der Waals surface area contributed by atoms with Gasteiger partial charge in [0.05, 0.1) is 0 Å². The van der Waals surface area contributed by atoms with Crippen molar-refractivity contribution < 1.29 is 0 Å². The highest BCUT2D eigenvalue weighted by Crippen LogP contribution is 2.36. The molecule has 4 heteroatoms. The zero-order valence-corrected chi connectivity index (χ0v) is 11.0. The molecule has 0 atom stereocenters. The number of nitrogens with zero attached hydrogens (tertiary/aromatic N) is 3. The van der Waals surface area contributed by atoms with Gasteiger partial charge < -0.3 is 10.6 Å². The van der Waals surface area contributed by atoms with Crippen LogP contribution in [-0.4, -0.2) is 22.6 Å². The Balaban J connectivity index is 2.37. The minimum absolute atomic E-state index is 0.365. The summed E-state index contributed by atoms with van der Waals surface area (Å²) in [5, 5.41) is 0. The summed E-state index contributed by atoms with van der Waals surface area (Å²) in [5.74, 6) is 2.05. The molecule has 0 spiro atoms. The van der Waals surface area contributed by atoms with E-state index in [1.54, 1.807) is 6.33 Å². The van der Waals surface area contributed by atoms with Crippen molar-refractivity contribution in [1.82, 2.24) is 9.97 Å². The molecule has 17 heavy (non-hydrogen) atoms. The summed E-state index contributed by atoms with van der Waals surface area (Å²) < 4.78 is 0. The molecule has 1 saturated carbocycles. The lowest BCUT2D eigenvalue weighted by atomic mass is 10.0. The summed E-state index contributed by atoms with van der Waals surface area (Å²) in [4.78, 5) is 11.0.